The molecule has 0 fully saturated rings. The lowest BCUT2D eigenvalue weighted by Crippen LogP contribution is -2.27. The monoisotopic (exact) mass is 252 g/mol. The SMILES string of the molecule is O=C(O)CCC(=O)OCNC(=O)c1cccnc1. The van der Waals surface area contributed by atoms with Crippen molar-refractivity contribution in [3.8, 4) is 0 Å². The summed E-state index contributed by atoms with van der Waals surface area (Å²) in [5, 5.41) is 10.7. The van der Waals surface area contributed by atoms with Crippen LogP contribution in [0.2, 0.25) is 0 Å². The number of carboxylic acids is 1. The molecule has 18 heavy (non-hydrogen) atoms. The van der Waals surface area contributed by atoms with Crippen molar-refractivity contribution in [3.63, 3.8) is 0 Å². The minimum absolute atomic E-state index is 0.224. The van der Waals surface area contributed by atoms with Crippen molar-refractivity contribution < 1.29 is 24.2 Å². The van der Waals surface area contributed by atoms with Crippen LogP contribution in [-0.2, 0) is 14.3 Å². The lowest BCUT2D eigenvalue weighted by atomic mass is 10.3. The molecule has 0 radical (unpaired) electrons. The van der Waals surface area contributed by atoms with E-state index in [4.69, 9.17) is 5.11 Å². The molecule has 1 aromatic rings. The quantitative estimate of drug-likeness (QED) is 0.552. The van der Waals surface area contributed by atoms with Crippen molar-refractivity contribution in [3.05, 3.63) is 30.1 Å². The molecule has 0 atom stereocenters. The molecule has 0 aliphatic heterocycles. The first-order chi connectivity index (χ1) is 8.59. The fraction of sp³-hybridized carbons (Fsp3) is 0.273. The van der Waals surface area contributed by atoms with E-state index < -0.39 is 17.8 Å². The molecule has 7 nitrogen and oxygen atoms in total. The molecule has 0 saturated carbocycles. The second-order valence-corrected chi connectivity index (χ2v) is 3.30. The van der Waals surface area contributed by atoms with Gasteiger partial charge in [-0.1, -0.05) is 0 Å². The van der Waals surface area contributed by atoms with Gasteiger partial charge in [-0.2, -0.15) is 0 Å². The van der Waals surface area contributed by atoms with Crippen molar-refractivity contribution in [2.24, 2.45) is 0 Å². The van der Waals surface area contributed by atoms with E-state index >= 15 is 0 Å². The van der Waals surface area contributed by atoms with Crippen molar-refractivity contribution in [1.82, 2.24) is 10.3 Å². The highest BCUT2D eigenvalue weighted by Crippen LogP contribution is 1.95. The lowest BCUT2D eigenvalue weighted by Gasteiger charge is -2.05. The van der Waals surface area contributed by atoms with E-state index in [1.54, 1.807) is 12.1 Å². The Balaban J connectivity index is 2.24. The number of carbonyl (C=O) groups excluding carboxylic acids is 2. The number of pyridine rings is 1. The van der Waals surface area contributed by atoms with Gasteiger partial charge in [-0.15, -0.1) is 0 Å². The Kier molecular flexibility index (Phi) is 5.30. The minimum Gasteiger partial charge on any atom is -0.481 e. The molecule has 7 heteroatoms. The van der Waals surface area contributed by atoms with E-state index in [0.29, 0.717) is 5.56 Å². The van der Waals surface area contributed by atoms with Gasteiger partial charge < -0.3 is 15.2 Å². The zero-order valence-corrected chi connectivity index (χ0v) is 9.46. The van der Waals surface area contributed by atoms with Gasteiger partial charge in [-0.25, -0.2) is 0 Å². The highest BCUT2D eigenvalue weighted by molar-refractivity contribution is 5.93. The van der Waals surface area contributed by atoms with Crippen LogP contribution in [0, 0.1) is 0 Å². The van der Waals surface area contributed by atoms with Crippen LogP contribution in [0.1, 0.15) is 23.2 Å². The minimum atomic E-state index is -1.08. The van der Waals surface area contributed by atoms with Gasteiger partial charge in [-0.05, 0) is 12.1 Å². The number of carbonyl (C=O) groups is 3. The number of nitrogens with zero attached hydrogens (tertiary/aromatic N) is 1. The van der Waals surface area contributed by atoms with Gasteiger partial charge in [0.05, 0.1) is 18.4 Å². The van der Waals surface area contributed by atoms with Crippen LogP contribution in [0.4, 0.5) is 0 Å². The summed E-state index contributed by atoms with van der Waals surface area (Å²) in [4.78, 5) is 36.4. The zero-order chi connectivity index (χ0) is 13.4. The predicted octanol–water partition coefficient (Wildman–Crippen LogP) is 0.177. The molecule has 0 aliphatic rings. The molecule has 1 heterocycles. The Morgan fingerprint density at radius 3 is 2.72 bits per heavy atom. The number of hydrogen-bond donors (Lipinski definition) is 2. The summed E-state index contributed by atoms with van der Waals surface area (Å²) in [5.41, 5.74) is 0.346. The maximum absolute atomic E-state index is 11.5. The summed E-state index contributed by atoms with van der Waals surface area (Å²) in [6.07, 6.45) is 2.39. The first-order valence-corrected chi connectivity index (χ1v) is 5.15. The van der Waals surface area contributed by atoms with Gasteiger partial charge in [0.15, 0.2) is 6.73 Å². The van der Waals surface area contributed by atoms with E-state index in [1.807, 2.05) is 0 Å². The molecule has 2 N–H and O–H groups in total. The Morgan fingerprint density at radius 1 is 1.33 bits per heavy atom. The molecule has 96 valence electrons. The Labute approximate surface area is 103 Å². The van der Waals surface area contributed by atoms with E-state index in [2.05, 4.69) is 15.0 Å². The first kappa shape index (κ1) is 13.6. The summed E-state index contributed by atoms with van der Waals surface area (Å²) >= 11 is 0. The second-order valence-electron chi connectivity index (χ2n) is 3.30. The Morgan fingerprint density at radius 2 is 2.11 bits per heavy atom. The normalized spacial score (nSPS) is 9.56. The summed E-state index contributed by atoms with van der Waals surface area (Å²) in [6.45, 7) is -0.299. The molecule has 0 bridgehead atoms. The Hall–Kier alpha value is -2.44. The second kappa shape index (κ2) is 7.00. The van der Waals surface area contributed by atoms with E-state index in [0.717, 1.165) is 0 Å². The van der Waals surface area contributed by atoms with Crippen LogP contribution < -0.4 is 5.32 Å². The summed E-state index contributed by atoms with van der Waals surface area (Å²) in [6, 6.07) is 3.17. The van der Waals surface area contributed by atoms with Gasteiger partial charge in [0, 0.05) is 12.4 Å². The maximum atomic E-state index is 11.5. The summed E-state index contributed by atoms with van der Waals surface area (Å²) in [5.74, 6) is -2.18. The number of amides is 1. The third-order valence-electron chi connectivity index (χ3n) is 1.93. The molecule has 0 aliphatic carbocycles. The van der Waals surface area contributed by atoms with Gasteiger partial charge in [0.1, 0.15) is 0 Å². The van der Waals surface area contributed by atoms with Crippen LogP contribution >= 0.6 is 0 Å². The van der Waals surface area contributed by atoms with Crippen LogP contribution in [0.3, 0.4) is 0 Å². The lowest BCUT2D eigenvalue weighted by molar-refractivity contribution is -0.148. The average molecular weight is 252 g/mol. The maximum Gasteiger partial charge on any atom is 0.308 e. The number of esters is 1. The van der Waals surface area contributed by atoms with Crippen molar-refractivity contribution in [2.75, 3.05) is 6.73 Å². The number of rotatable bonds is 6. The first-order valence-electron chi connectivity index (χ1n) is 5.15. The molecule has 1 amide bonds. The van der Waals surface area contributed by atoms with Gasteiger partial charge in [0.2, 0.25) is 0 Å². The van der Waals surface area contributed by atoms with Crippen molar-refractivity contribution in [1.29, 1.82) is 0 Å². The number of aliphatic carboxylic acids is 1. The highest BCUT2D eigenvalue weighted by atomic mass is 16.5. The van der Waals surface area contributed by atoms with Crippen LogP contribution in [0.5, 0.6) is 0 Å². The van der Waals surface area contributed by atoms with Gasteiger partial charge in [0.25, 0.3) is 5.91 Å². The molecule has 1 aromatic heterocycles. The Bertz CT molecular complexity index is 432. The standard InChI is InChI=1S/C11H12N2O5/c14-9(15)3-4-10(16)18-7-13-11(17)8-2-1-5-12-6-8/h1-2,5-6H,3-4,7H2,(H,13,17)(H,14,15). The van der Waals surface area contributed by atoms with E-state index in [9.17, 15) is 14.4 Å². The number of aromatic nitrogens is 1. The third kappa shape index (κ3) is 5.06. The molecular formula is C11H12N2O5. The molecule has 1 rings (SSSR count). The number of ether oxygens (including phenoxy) is 1. The largest absolute Gasteiger partial charge is 0.481 e. The summed E-state index contributed by atoms with van der Waals surface area (Å²) < 4.78 is 4.63. The summed E-state index contributed by atoms with van der Waals surface area (Å²) in [7, 11) is 0. The van der Waals surface area contributed by atoms with Crippen LogP contribution in [0.15, 0.2) is 24.5 Å². The van der Waals surface area contributed by atoms with Crippen molar-refractivity contribution in [2.45, 2.75) is 12.8 Å². The molecular weight excluding hydrogens is 240 g/mol. The van der Waals surface area contributed by atoms with Gasteiger partial charge >= 0.3 is 11.9 Å². The molecule has 0 unspecified atom stereocenters. The average Bonchev–Trinajstić information content (AvgIpc) is 2.37. The van der Waals surface area contributed by atoms with E-state index in [1.165, 1.54) is 12.4 Å². The highest BCUT2D eigenvalue weighted by Gasteiger charge is 2.08. The fourth-order valence-corrected chi connectivity index (χ4v) is 1.06. The predicted molar refractivity (Wildman–Crippen MR) is 59.5 cm³/mol. The molecule has 0 spiro atoms. The van der Waals surface area contributed by atoms with Crippen LogP contribution in [-0.4, -0.2) is 34.7 Å². The fourth-order valence-electron chi connectivity index (χ4n) is 1.06. The van der Waals surface area contributed by atoms with Gasteiger partial charge in [-0.3, -0.25) is 19.4 Å². The zero-order valence-electron chi connectivity index (χ0n) is 9.46. The number of carboxylic acid groups (broad SMARTS) is 1. The topological polar surface area (TPSA) is 106 Å². The number of nitrogens with one attached hydrogen (secondary N) is 1. The van der Waals surface area contributed by atoms with Crippen LogP contribution in [0.25, 0.3) is 0 Å². The van der Waals surface area contributed by atoms with E-state index in [-0.39, 0.29) is 19.6 Å². The smallest absolute Gasteiger partial charge is 0.308 e. The molecule has 0 saturated heterocycles. The number of hydrogen-bond acceptors (Lipinski definition) is 5. The third-order valence-corrected chi connectivity index (χ3v) is 1.93. The molecule has 0 aromatic carbocycles. The van der Waals surface area contributed by atoms with Crippen molar-refractivity contribution >= 4 is 17.8 Å².